The number of oxazole rings is 1. The number of methoxy groups -OCH3 is 2. The molecule has 0 aliphatic carbocycles. The highest BCUT2D eigenvalue weighted by atomic mass is 35.5. The first-order valence-corrected chi connectivity index (χ1v) is 10.7. The highest BCUT2D eigenvalue weighted by molar-refractivity contribution is 7.99. The summed E-state index contributed by atoms with van der Waals surface area (Å²) in [5.41, 5.74) is 2.57. The van der Waals surface area contributed by atoms with E-state index in [4.69, 9.17) is 25.5 Å². The number of hydrogen-bond donors (Lipinski definition) is 1. The van der Waals surface area contributed by atoms with Crippen LogP contribution >= 0.6 is 23.4 Å². The lowest BCUT2D eigenvalue weighted by Crippen LogP contribution is -2.30. The topological polar surface area (TPSA) is 73.6 Å². The van der Waals surface area contributed by atoms with Crippen LogP contribution in [0.15, 0.2) is 53.1 Å². The minimum atomic E-state index is -0.235. The highest BCUT2D eigenvalue weighted by Crippen LogP contribution is 2.28. The van der Waals surface area contributed by atoms with Gasteiger partial charge >= 0.3 is 0 Å². The standard InChI is InChI=1S/C22H23ClN2O4S/c1-14(21(26)24-11-15-4-9-19(27-2)20(10-15)28-3)30-13-18-12-29-22(25-18)16-5-7-17(23)8-6-16/h4-10,12,14H,11,13H2,1-3H3,(H,24,26). The molecule has 6 nitrogen and oxygen atoms in total. The van der Waals surface area contributed by atoms with Gasteiger partial charge in [-0.05, 0) is 48.9 Å². The van der Waals surface area contributed by atoms with E-state index in [0.717, 1.165) is 16.8 Å². The van der Waals surface area contributed by atoms with Crippen LogP contribution in [0.5, 0.6) is 11.5 Å². The van der Waals surface area contributed by atoms with Gasteiger partial charge in [-0.25, -0.2) is 4.98 Å². The van der Waals surface area contributed by atoms with Crippen LogP contribution in [-0.4, -0.2) is 30.4 Å². The number of carbonyl (C=O) groups excluding carboxylic acids is 1. The van der Waals surface area contributed by atoms with Crippen LogP contribution in [0.3, 0.4) is 0 Å². The second kappa shape index (κ2) is 10.4. The Bertz CT molecular complexity index is 991. The molecule has 0 fully saturated rings. The molecule has 1 N–H and O–H groups in total. The minimum absolute atomic E-state index is 0.0452. The second-order valence-electron chi connectivity index (χ2n) is 6.51. The van der Waals surface area contributed by atoms with Crippen LogP contribution < -0.4 is 14.8 Å². The quantitative estimate of drug-likeness (QED) is 0.501. The fourth-order valence-electron chi connectivity index (χ4n) is 2.71. The summed E-state index contributed by atoms with van der Waals surface area (Å²) >= 11 is 7.41. The molecule has 1 amide bonds. The van der Waals surface area contributed by atoms with Gasteiger partial charge in [-0.2, -0.15) is 0 Å². The predicted octanol–water partition coefficient (Wildman–Crippen LogP) is 4.95. The van der Waals surface area contributed by atoms with Crippen LogP contribution in [0, 0.1) is 0 Å². The molecule has 0 saturated carbocycles. The number of nitrogens with zero attached hydrogens (tertiary/aromatic N) is 1. The third kappa shape index (κ3) is 5.70. The molecule has 0 aliphatic rings. The van der Waals surface area contributed by atoms with Crippen LogP contribution in [-0.2, 0) is 17.1 Å². The van der Waals surface area contributed by atoms with E-state index in [0.29, 0.717) is 34.7 Å². The van der Waals surface area contributed by atoms with Crippen molar-refractivity contribution in [1.29, 1.82) is 0 Å². The van der Waals surface area contributed by atoms with Crippen molar-refractivity contribution in [3.63, 3.8) is 0 Å². The Morgan fingerprint density at radius 2 is 1.90 bits per heavy atom. The Kier molecular flexibility index (Phi) is 7.65. The molecule has 0 bridgehead atoms. The van der Waals surface area contributed by atoms with Gasteiger partial charge in [0.15, 0.2) is 11.5 Å². The van der Waals surface area contributed by atoms with Gasteiger partial charge < -0.3 is 19.2 Å². The van der Waals surface area contributed by atoms with Crippen LogP contribution in [0.25, 0.3) is 11.5 Å². The summed E-state index contributed by atoms with van der Waals surface area (Å²) in [5.74, 6) is 2.35. The Balaban J connectivity index is 1.50. The molecule has 1 unspecified atom stereocenters. The average Bonchev–Trinajstić information content (AvgIpc) is 3.25. The number of rotatable bonds is 9. The summed E-state index contributed by atoms with van der Waals surface area (Å²) in [4.78, 5) is 16.9. The zero-order chi connectivity index (χ0) is 21.5. The number of thioether (sulfide) groups is 1. The Morgan fingerprint density at radius 3 is 2.60 bits per heavy atom. The molecular weight excluding hydrogens is 424 g/mol. The minimum Gasteiger partial charge on any atom is -0.493 e. The lowest BCUT2D eigenvalue weighted by Gasteiger charge is -2.13. The number of hydrogen-bond acceptors (Lipinski definition) is 6. The highest BCUT2D eigenvalue weighted by Gasteiger charge is 2.15. The molecule has 158 valence electrons. The van der Waals surface area contributed by atoms with Crippen molar-refractivity contribution >= 4 is 29.3 Å². The van der Waals surface area contributed by atoms with E-state index in [2.05, 4.69) is 10.3 Å². The molecule has 0 radical (unpaired) electrons. The van der Waals surface area contributed by atoms with Gasteiger partial charge in [0.2, 0.25) is 11.8 Å². The van der Waals surface area contributed by atoms with Crippen molar-refractivity contribution in [2.75, 3.05) is 14.2 Å². The number of halogens is 1. The van der Waals surface area contributed by atoms with Crippen molar-refractivity contribution in [1.82, 2.24) is 10.3 Å². The molecule has 0 aliphatic heterocycles. The van der Waals surface area contributed by atoms with E-state index in [1.807, 2.05) is 37.3 Å². The molecule has 2 aromatic carbocycles. The zero-order valence-corrected chi connectivity index (χ0v) is 18.5. The molecular formula is C22H23ClN2O4S. The molecule has 3 aromatic rings. The number of benzene rings is 2. The summed E-state index contributed by atoms with van der Waals surface area (Å²) in [6.07, 6.45) is 1.62. The Morgan fingerprint density at radius 1 is 1.17 bits per heavy atom. The number of nitrogens with one attached hydrogen (secondary N) is 1. The number of aromatic nitrogens is 1. The van der Waals surface area contributed by atoms with Crippen molar-refractivity contribution < 1.29 is 18.7 Å². The van der Waals surface area contributed by atoms with Crippen LogP contribution in [0.1, 0.15) is 18.2 Å². The van der Waals surface area contributed by atoms with E-state index in [1.165, 1.54) is 11.8 Å². The van der Waals surface area contributed by atoms with E-state index in [9.17, 15) is 4.79 Å². The van der Waals surface area contributed by atoms with Gasteiger partial charge in [-0.15, -0.1) is 11.8 Å². The maximum atomic E-state index is 12.4. The van der Waals surface area contributed by atoms with Gasteiger partial charge in [-0.1, -0.05) is 17.7 Å². The first kappa shape index (κ1) is 22.1. The van der Waals surface area contributed by atoms with Crippen molar-refractivity contribution in [2.45, 2.75) is 24.5 Å². The molecule has 3 rings (SSSR count). The number of carbonyl (C=O) groups is 1. The van der Waals surface area contributed by atoms with E-state index in [1.54, 1.807) is 32.6 Å². The molecule has 0 saturated heterocycles. The van der Waals surface area contributed by atoms with Gasteiger partial charge in [0, 0.05) is 22.9 Å². The third-order valence-electron chi connectivity index (χ3n) is 4.41. The Hall–Kier alpha value is -2.64. The van der Waals surface area contributed by atoms with Gasteiger partial charge in [0.1, 0.15) is 6.26 Å². The summed E-state index contributed by atoms with van der Waals surface area (Å²) in [7, 11) is 3.17. The second-order valence-corrected chi connectivity index (χ2v) is 8.28. The average molecular weight is 447 g/mol. The van der Waals surface area contributed by atoms with E-state index < -0.39 is 0 Å². The predicted molar refractivity (Wildman–Crippen MR) is 119 cm³/mol. The molecule has 0 spiro atoms. The fourth-order valence-corrected chi connectivity index (χ4v) is 3.62. The summed E-state index contributed by atoms with van der Waals surface area (Å²) in [6, 6.07) is 12.9. The molecule has 1 atom stereocenters. The number of ether oxygens (including phenoxy) is 2. The normalized spacial score (nSPS) is 11.7. The maximum Gasteiger partial charge on any atom is 0.233 e. The summed E-state index contributed by atoms with van der Waals surface area (Å²) < 4.78 is 16.1. The first-order chi connectivity index (χ1) is 14.5. The largest absolute Gasteiger partial charge is 0.493 e. The maximum absolute atomic E-state index is 12.4. The zero-order valence-electron chi connectivity index (χ0n) is 17.0. The van der Waals surface area contributed by atoms with Crippen molar-refractivity contribution in [2.24, 2.45) is 0 Å². The molecule has 1 heterocycles. The SMILES string of the molecule is COc1ccc(CNC(=O)C(C)SCc2coc(-c3ccc(Cl)cc3)n2)cc1OC. The van der Waals surface area contributed by atoms with Crippen LogP contribution in [0.2, 0.25) is 5.02 Å². The van der Waals surface area contributed by atoms with Gasteiger partial charge in [0.05, 0.1) is 25.2 Å². The smallest absolute Gasteiger partial charge is 0.233 e. The van der Waals surface area contributed by atoms with Gasteiger partial charge in [0.25, 0.3) is 0 Å². The Labute approximate surface area is 184 Å². The lowest BCUT2D eigenvalue weighted by molar-refractivity contribution is -0.120. The summed E-state index contributed by atoms with van der Waals surface area (Å²) in [6.45, 7) is 2.28. The van der Waals surface area contributed by atoms with Crippen molar-refractivity contribution in [3.05, 3.63) is 65.0 Å². The molecule has 30 heavy (non-hydrogen) atoms. The monoisotopic (exact) mass is 446 g/mol. The molecule has 8 heteroatoms. The van der Waals surface area contributed by atoms with E-state index >= 15 is 0 Å². The van der Waals surface area contributed by atoms with Crippen molar-refractivity contribution in [3.8, 4) is 23.0 Å². The summed E-state index contributed by atoms with van der Waals surface area (Å²) in [5, 5.41) is 3.37. The first-order valence-electron chi connectivity index (χ1n) is 9.30. The van der Waals surface area contributed by atoms with Gasteiger partial charge in [-0.3, -0.25) is 4.79 Å². The lowest BCUT2D eigenvalue weighted by atomic mass is 10.2. The fraction of sp³-hybridized carbons (Fsp3) is 0.273. The van der Waals surface area contributed by atoms with E-state index in [-0.39, 0.29) is 11.2 Å². The third-order valence-corrected chi connectivity index (χ3v) is 5.84. The van der Waals surface area contributed by atoms with Crippen LogP contribution in [0.4, 0.5) is 0 Å². The molecule has 1 aromatic heterocycles. The number of amides is 1.